The van der Waals surface area contributed by atoms with E-state index in [9.17, 15) is 9.90 Å². The Labute approximate surface area is 83.7 Å². The average molecular weight is 277 g/mol. The van der Waals surface area contributed by atoms with E-state index in [4.69, 9.17) is 5.73 Å². The van der Waals surface area contributed by atoms with Crippen molar-refractivity contribution in [3.05, 3.63) is 21.3 Å². The van der Waals surface area contributed by atoms with Gasteiger partial charge in [-0.1, -0.05) is 0 Å². The maximum atomic E-state index is 11.0. The highest BCUT2D eigenvalue weighted by Crippen LogP contribution is 2.28. The zero-order valence-electron chi connectivity index (χ0n) is 6.47. The number of hydrogen-bond donors (Lipinski definition) is 2. The lowest BCUT2D eigenvalue weighted by Crippen LogP contribution is -2.01. The third kappa shape index (κ3) is 1.52. The van der Waals surface area contributed by atoms with E-state index in [0.717, 1.165) is 0 Å². The van der Waals surface area contributed by atoms with Crippen molar-refractivity contribution in [1.29, 1.82) is 0 Å². The molecule has 0 aliphatic carbocycles. The molecule has 0 spiro atoms. The zero-order valence-corrected chi connectivity index (χ0v) is 8.62. The van der Waals surface area contributed by atoms with Crippen molar-refractivity contribution >= 4 is 34.1 Å². The van der Waals surface area contributed by atoms with Crippen LogP contribution < -0.4 is 5.73 Å². The van der Waals surface area contributed by atoms with Gasteiger partial charge in [0.15, 0.2) is 5.78 Å². The summed E-state index contributed by atoms with van der Waals surface area (Å²) in [5.41, 5.74) is 6.40. The van der Waals surface area contributed by atoms with Crippen molar-refractivity contribution in [3.8, 4) is 5.75 Å². The van der Waals surface area contributed by atoms with Crippen molar-refractivity contribution in [1.82, 2.24) is 0 Å². The van der Waals surface area contributed by atoms with Gasteiger partial charge in [-0.25, -0.2) is 0 Å². The topological polar surface area (TPSA) is 63.3 Å². The molecule has 1 aromatic carbocycles. The highest BCUT2D eigenvalue weighted by molar-refractivity contribution is 14.1. The van der Waals surface area contributed by atoms with Crippen molar-refractivity contribution in [2.45, 2.75) is 6.92 Å². The molecular formula is C8H8INO2. The Morgan fingerprint density at radius 1 is 1.58 bits per heavy atom. The van der Waals surface area contributed by atoms with E-state index in [1.54, 1.807) is 0 Å². The highest BCUT2D eigenvalue weighted by atomic mass is 127. The first-order chi connectivity index (χ1) is 5.54. The Morgan fingerprint density at radius 3 is 2.67 bits per heavy atom. The minimum Gasteiger partial charge on any atom is -0.507 e. The average Bonchev–Trinajstić information content (AvgIpc) is 2.00. The second kappa shape index (κ2) is 3.30. The normalized spacial score (nSPS) is 9.83. The van der Waals surface area contributed by atoms with Gasteiger partial charge in [-0.05, 0) is 41.6 Å². The van der Waals surface area contributed by atoms with Gasteiger partial charge in [-0.2, -0.15) is 0 Å². The van der Waals surface area contributed by atoms with Crippen molar-refractivity contribution in [2.75, 3.05) is 5.73 Å². The van der Waals surface area contributed by atoms with Crippen LogP contribution in [0.15, 0.2) is 12.1 Å². The molecule has 1 aromatic rings. The molecule has 0 bridgehead atoms. The lowest BCUT2D eigenvalue weighted by molar-refractivity contribution is 0.101. The summed E-state index contributed by atoms with van der Waals surface area (Å²) in [7, 11) is 0. The van der Waals surface area contributed by atoms with Crippen LogP contribution in [-0.4, -0.2) is 10.9 Å². The van der Waals surface area contributed by atoms with Gasteiger partial charge >= 0.3 is 0 Å². The summed E-state index contributed by atoms with van der Waals surface area (Å²) in [6, 6.07) is 2.99. The predicted molar refractivity (Wildman–Crippen MR) is 55.2 cm³/mol. The molecule has 0 saturated heterocycles. The third-order valence-corrected chi connectivity index (χ3v) is 2.67. The van der Waals surface area contributed by atoms with Crippen LogP contribution in [0.25, 0.3) is 0 Å². The smallest absolute Gasteiger partial charge is 0.161 e. The summed E-state index contributed by atoms with van der Waals surface area (Å²) < 4.78 is 0.528. The number of benzene rings is 1. The van der Waals surface area contributed by atoms with Gasteiger partial charge in [-0.3, -0.25) is 4.79 Å². The monoisotopic (exact) mass is 277 g/mol. The van der Waals surface area contributed by atoms with Crippen LogP contribution in [0.1, 0.15) is 17.3 Å². The molecule has 0 aromatic heterocycles. The minimum atomic E-state index is -0.0922. The second-order valence-corrected chi connectivity index (χ2v) is 3.49. The van der Waals surface area contributed by atoms with E-state index < -0.39 is 0 Å². The van der Waals surface area contributed by atoms with E-state index in [1.165, 1.54) is 19.1 Å². The number of carbonyl (C=O) groups excluding carboxylic acids is 1. The van der Waals surface area contributed by atoms with E-state index in [2.05, 4.69) is 0 Å². The number of phenolic OH excluding ortho intramolecular Hbond substituents is 1. The van der Waals surface area contributed by atoms with Gasteiger partial charge in [0.05, 0.1) is 9.26 Å². The number of aromatic hydroxyl groups is 1. The summed E-state index contributed by atoms with van der Waals surface area (Å²) in [5, 5.41) is 9.21. The summed E-state index contributed by atoms with van der Waals surface area (Å²) in [5.74, 6) is 0.0171. The quantitative estimate of drug-likeness (QED) is 0.467. The van der Waals surface area contributed by atoms with Gasteiger partial charge in [0, 0.05) is 5.56 Å². The number of phenols is 1. The number of anilines is 1. The van der Waals surface area contributed by atoms with E-state index in [1.807, 2.05) is 22.6 Å². The van der Waals surface area contributed by atoms with Crippen LogP contribution in [0.4, 0.5) is 5.69 Å². The first-order valence-corrected chi connectivity index (χ1v) is 4.39. The van der Waals surface area contributed by atoms with E-state index >= 15 is 0 Å². The molecule has 1 rings (SSSR count). The Hall–Kier alpha value is -0.780. The largest absolute Gasteiger partial charge is 0.507 e. The second-order valence-electron chi connectivity index (χ2n) is 2.42. The standard InChI is InChI=1S/C8H8INO2/c1-4(11)5-2-3-6(12)7(9)8(5)10/h2-3,12H,10H2,1H3. The molecule has 0 heterocycles. The molecule has 3 N–H and O–H groups in total. The molecule has 0 saturated carbocycles. The molecule has 0 aliphatic heterocycles. The molecule has 0 fully saturated rings. The molecule has 0 amide bonds. The Kier molecular flexibility index (Phi) is 2.56. The Bertz CT molecular complexity index is 336. The van der Waals surface area contributed by atoms with Gasteiger partial charge in [0.1, 0.15) is 5.75 Å². The van der Waals surface area contributed by atoms with Gasteiger partial charge in [0.2, 0.25) is 0 Å². The highest BCUT2D eigenvalue weighted by Gasteiger charge is 2.10. The predicted octanol–water partition coefficient (Wildman–Crippen LogP) is 1.78. The van der Waals surface area contributed by atoms with Crippen LogP contribution >= 0.6 is 22.6 Å². The number of halogens is 1. The summed E-state index contributed by atoms with van der Waals surface area (Å²) >= 11 is 1.90. The van der Waals surface area contributed by atoms with Crippen LogP contribution in [0, 0.1) is 3.57 Å². The van der Waals surface area contributed by atoms with Crippen LogP contribution in [0.3, 0.4) is 0 Å². The number of Topliss-reactive ketones (excluding diaryl/α,β-unsaturated/α-hetero) is 1. The maximum Gasteiger partial charge on any atom is 0.161 e. The van der Waals surface area contributed by atoms with Gasteiger partial charge in [-0.15, -0.1) is 0 Å². The Balaban J connectivity index is 3.36. The number of rotatable bonds is 1. The first-order valence-electron chi connectivity index (χ1n) is 3.32. The van der Waals surface area contributed by atoms with Gasteiger partial charge in [0.25, 0.3) is 0 Å². The maximum absolute atomic E-state index is 11.0. The molecule has 0 radical (unpaired) electrons. The summed E-state index contributed by atoms with van der Waals surface area (Å²) in [4.78, 5) is 11.0. The molecule has 0 atom stereocenters. The molecule has 3 nitrogen and oxygen atoms in total. The van der Waals surface area contributed by atoms with Crippen LogP contribution in [0.5, 0.6) is 5.75 Å². The third-order valence-electron chi connectivity index (χ3n) is 1.54. The fourth-order valence-corrected chi connectivity index (χ4v) is 1.36. The summed E-state index contributed by atoms with van der Waals surface area (Å²) in [6.07, 6.45) is 0. The number of carbonyl (C=O) groups is 1. The molecule has 64 valence electrons. The van der Waals surface area contributed by atoms with Crippen LogP contribution in [0.2, 0.25) is 0 Å². The van der Waals surface area contributed by atoms with Crippen molar-refractivity contribution in [3.63, 3.8) is 0 Å². The molecule has 0 aliphatic rings. The minimum absolute atomic E-state index is 0.0922. The molecule has 12 heavy (non-hydrogen) atoms. The lowest BCUT2D eigenvalue weighted by atomic mass is 10.1. The lowest BCUT2D eigenvalue weighted by Gasteiger charge is -2.05. The van der Waals surface area contributed by atoms with Crippen molar-refractivity contribution < 1.29 is 9.90 Å². The molecular weight excluding hydrogens is 269 g/mol. The van der Waals surface area contributed by atoms with Crippen molar-refractivity contribution in [2.24, 2.45) is 0 Å². The van der Waals surface area contributed by atoms with E-state index in [-0.39, 0.29) is 11.5 Å². The molecule has 0 unspecified atom stereocenters. The SMILES string of the molecule is CC(=O)c1ccc(O)c(I)c1N. The first kappa shape index (κ1) is 9.31. The number of nitrogens with two attached hydrogens (primary N) is 1. The number of ketones is 1. The molecule has 4 heteroatoms. The fourth-order valence-electron chi connectivity index (χ4n) is 0.888. The van der Waals surface area contributed by atoms with Crippen LogP contribution in [-0.2, 0) is 0 Å². The Morgan fingerprint density at radius 2 is 2.17 bits per heavy atom. The number of hydrogen-bond acceptors (Lipinski definition) is 3. The van der Waals surface area contributed by atoms with Gasteiger partial charge < -0.3 is 10.8 Å². The number of nitrogen functional groups attached to an aromatic ring is 1. The summed E-state index contributed by atoms with van der Waals surface area (Å²) in [6.45, 7) is 1.44. The van der Waals surface area contributed by atoms with E-state index in [0.29, 0.717) is 14.8 Å². The fraction of sp³-hybridized carbons (Fsp3) is 0.125. The zero-order chi connectivity index (χ0) is 9.30.